The molecule has 3 N–H and O–H groups in total. The fourth-order valence-electron chi connectivity index (χ4n) is 3.79. The molecule has 0 aromatic heterocycles. The minimum Gasteiger partial charge on any atom is -0.391 e. The van der Waals surface area contributed by atoms with Crippen molar-refractivity contribution in [1.82, 2.24) is 0 Å². The van der Waals surface area contributed by atoms with Crippen LogP contribution in [0.5, 0.6) is 0 Å². The monoisotopic (exact) mass is 166 g/mol. The molecule has 3 atom stereocenters. The van der Waals surface area contributed by atoms with Crippen LogP contribution in [-0.2, 0) is 0 Å². The molecule has 0 aromatic carbocycles. The lowest BCUT2D eigenvalue weighted by Gasteiger charge is -2.57. The maximum atomic E-state index is 9.92. The summed E-state index contributed by atoms with van der Waals surface area (Å²) in [5.74, 6) is 2.97. The zero-order valence-corrected chi connectivity index (χ0v) is 7.29. The van der Waals surface area contributed by atoms with Gasteiger partial charge in [0.2, 0.25) is 0 Å². The van der Waals surface area contributed by atoms with Crippen molar-refractivity contribution in [1.29, 1.82) is 0 Å². The standard InChI is InChI=1S/C10H16NO/c11-10-4-6-1-7(5-10)3-8(2-6)9(10)12/h6-7,9,12H,1-5,11H2. The first-order chi connectivity index (χ1) is 5.67. The maximum Gasteiger partial charge on any atom is 0.0782 e. The third-order valence-electron chi connectivity index (χ3n) is 4.04. The van der Waals surface area contributed by atoms with Crippen LogP contribution < -0.4 is 5.73 Å². The molecule has 2 heteroatoms. The van der Waals surface area contributed by atoms with Crippen LogP contribution in [0.25, 0.3) is 0 Å². The number of nitrogens with two attached hydrogens (primary N) is 1. The zero-order chi connectivity index (χ0) is 8.34. The predicted octanol–water partition coefficient (Wildman–Crippen LogP) is 0.843. The lowest BCUT2D eigenvalue weighted by atomic mass is 9.52. The van der Waals surface area contributed by atoms with Gasteiger partial charge in [0.15, 0.2) is 0 Å². The summed E-state index contributed by atoms with van der Waals surface area (Å²) in [5, 5.41) is 9.92. The number of aliphatic hydroxyl groups is 1. The van der Waals surface area contributed by atoms with E-state index >= 15 is 0 Å². The first kappa shape index (κ1) is 7.34. The van der Waals surface area contributed by atoms with Gasteiger partial charge in [-0.05, 0) is 43.9 Å². The van der Waals surface area contributed by atoms with Crippen LogP contribution >= 0.6 is 0 Å². The van der Waals surface area contributed by atoms with Crippen molar-refractivity contribution in [3.63, 3.8) is 0 Å². The highest BCUT2D eigenvalue weighted by Gasteiger charge is 2.54. The van der Waals surface area contributed by atoms with Gasteiger partial charge in [-0.2, -0.15) is 0 Å². The van der Waals surface area contributed by atoms with E-state index in [2.05, 4.69) is 0 Å². The molecule has 0 saturated heterocycles. The van der Waals surface area contributed by atoms with E-state index in [0.717, 1.165) is 37.5 Å². The van der Waals surface area contributed by atoms with Crippen molar-refractivity contribution in [3.8, 4) is 0 Å². The molecule has 4 rings (SSSR count). The third-order valence-corrected chi connectivity index (χ3v) is 4.04. The fraction of sp³-hybridized carbons (Fsp3) is 0.900. The van der Waals surface area contributed by atoms with Gasteiger partial charge in [0.1, 0.15) is 0 Å². The first-order valence-electron chi connectivity index (χ1n) is 4.99. The summed E-state index contributed by atoms with van der Waals surface area (Å²) in [6.45, 7) is 0. The average molecular weight is 166 g/mol. The summed E-state index contributed by atoms with van der Waals surface area (Å²) in [7, 11) is 0. The Kier molecular flexibility index (Phi) is 1.25. The smallest absolute Gasteiger partial charge is 0.0782 e. The Hall–Kier alpha value is -0.0800. The quantitative estimate of drug-likeness (QED) is 0.560. The minimum absolute atomic E-state index is 0.223. The number of hydrogen-bond donors (Lipinski definition) is 2. The largest absolute Gasteiger partial charge is 0.391 e. The van der Waals surface area contributed by atoms with E-state index in [0.29, 0.717) is 0 Å². The molecule has 3 unspecified atom stereocenters. The number of aliphatic hydroxyl groups excluding tert-OH is 1. The molecule has 12 heavy (non-hydrogen) atoms. The van der Waals surface area contributed by atoms with E-state index in [1.165, 1.54) is 12.3 Å². The van der Waals surface area contributed by atoms with Crippen LogP contribution in [0, 0.1) is 17.8 Å². The summed E-state index contributed by atoms with van der Waals surface area (Å²) < 4.78 is 0. The maximum absolute atomic E-state index is 9.92. The highest BCUT2D eigenvalue weighted by atomic mass is 16.3. The van der Waals surface area contributed by atoms with E-state index in [-0.39, 0.29) is 11.6 Å². The van der Waals surface area contributed by atoms with Crippen molar-refractivity contribution in [2.45, 2.75) is 43.7 Å². The van der Waals surface area contributed by atoms with E-state index in [1.807, 2.05) is 0 Å². The highest BCUT2D eigenvalue weighted by molar-refractivity contribution is 5.22. The predicted molar refractivity (Wildman–Crippen MR) is 46.2 cm³/mol. The van der Waals surface area contributed by atoms with Crippen LogP contribution in [0.4, 0.5) is 0 Å². The summed E-state index contributed by atoms with van der Waals surface area (Å²) in [4.78, 5) is 0. The van der Waals surface area contributed by atoms with Gasteiger partial charge in [-0.25, -0.2) is 0 Å². The lowest BCUT2D eigenvalue weighted by Crippen LogP contribution is -2.64. The molecule has 4 saturated carbocycles. The second-order valence-corrected chi connectivity index (χ2v) is 5.08. The molecule has 4 aliphatic carbocycles. The van der Waals surface area contributed by atoms with Gasteiger partial charge in [0, 0.05) is 11.5 Å². The Bertz CT molecular complexity index is 202. The molecule has 4 aliphatic rings. The third kappa shape index (κ3) is 0.775. The molecule has 0 spiro atoms. The summed E-state index contributed by atoms with van der Waals surface area (Å²) >= 11 is 0. The van der Waals surface area contributed by atoms with Crippen molar-refractivity contribution in [2.24, 2.45) is 17.6 Å². The van der Waals surface area contributed by atoms with Gasteiger partial charge in [-0.15, -0.1) is 0 Å². The number of hydrogen-bond acceptors (Lipinski definition) is 2. The van der Waals surface area contributed by atoms with Crippen molar-refractivity contribution < 1.29 is 5.11 Å². The van der Waals surface area contributed by atoms with E-state index in [1.54, 1.807) is 0 Å². The van der Waals surface area contributed by atoms with Gasteiger partial charge >= 0.3 is 0 Å². The normalized spacial score (nSPS) is 58.0. The van der Waals surface area contributed by atoms with Gasteiger partial charge < -0.3 is 10.8 Å². The van der Waals surface area contributed by atoms with Gasteiger partial charge in [-0.3, -0.25) is 0 Å². The molecular weight excluding hydrogens is 150 g/mol. The van der Waals surface area contributed by atoms with E-state index in [4.69, 9.17) is 5.73 Å². The zero-order valence-electron chi connectivity index (χ0n) is 7.29. The molecule has 2 nitrogen and oxygen atoms in total. The second-order valence-electron chi connectivity index (χ2n) is 5.08. The van der Waals surface area contributed by atoms with Crippen LogP contribution in [0.3, 0.4) is 0 Å². The molecule has 4 fully saturated rings. The Morgan fingerprint density at radius 3 is 2.33 bits per heavy atom. The van der Waals surface area contributed by atoms with Crippen LogP contribution in [-0.4, -0.2) is 16.7 Å². The molecule has 0 amide bonds. The Balaban J connectivity index is 1.97. The van der Waals surface area contributed by atoms with Crippen molar-refractivity contribution >= 4 is 0 Å². The van der Waals surface area contributed by atoms with Crippen LogP contribution in [0.15, 0.2) is 0 Å². The van der Waals surface area contributed by atoms with Crippen molar-refractivity contribution in [3.05, 3.63) is 5.92 Å². The van der Waals surface area contributed by atoms with E-state index in [9.17, 15) is 5.11 Å². The molecule has 0 heterocycles. The Labute approximate surface area is 73.1 Å². The van der Waals surface area contributed by atoms with Gasteiger partial charge in [0.25, 0.3) is 0 Å². The molecule has 4 bridgehead atoms. The Morgan fingerprint density at radius 2 is 1.83 bits per heavy atom. The van der Waals surface area contributed by atoms with E-state index < -0.39 is 0 Å². The summed E-state index contributed by atoms with van der Waals surface area (Å²) in [5.41, 5.74) is 5.97. The molecule has 67 valence electrons. The van der Waals surface area contributed by atoms with Gasteiger partial charge in [-0.1, -0.05) is 0 Å². The topological polar surface area (TPSA) is 46.2 Å². The summed E-state index contributed by atoms with van der Waals surface area (Å²) in [6, 6.07) is 0. The first-order valence-corrected chi connectivity index (χ1v) is 4.99. The van der Waals surface area contributed by atoms with Crippen molar-refractivity contribution in [2.75, 3.05) is 0 Å². The fourth-order valence-corrected chi connectivity index (χ4v) is 3.79. The SMILES string of the molecule is NC12CC3C[C](CC(C3)C1)C2O. The second kappa shape index (κ2) is 2.05. The number of rotatable bonds is 0. The lowest BCUT2D eigenvalue weighted by molar-refractivity contribution is -0.0415. The average Bonchev–Trinajstić information content (AvgIpc) is 1.98. The van der Waals surface area contributed by atoms with Crippen LogP contribution in [0.1, 0.15) is 32.1 Å². The van der Waals surface area contributed by atoms with Crippen LogP contribution in [0.2, 0.25) is 0 Å². The Morgan fingerprint density at radius 1 is 1.25 bits per heavy atom. The molecule has 0 aromatic rings. The molecular formula is C10H16NO. The van der Waals surface area contributed by atoms with Gasteiger partial charge in [0.05, 0.1) is 6.10 Å². The molecule has 0 aliphatic heterocycles. The highest BCUT2D eigenvalue weighted by Crippen LogP contribution is 2.55. The summed E-state index contributed by atoms with van der Waals surface area (Å²) in [6.07, 6.45) is 5.55. The molecule has 1 radical (unpaired) electrons. The minimum atomic E-state index is -0.273.